The molecule has 0 N–H and O–H groups in total. The molecule has 2 heterocycles. The SMILES string of the molecule is COCCN1C[C@H]2CN(Cc3ccc(C)cc3)C(=O)N2[C@@H](CC(C)C)C1=O. The molecular formula is C21H31N3O3. The first-order valence-corrected chi connectivity index (χ1v) is 9.81. The van der Waals surface area contributed by atoms with Crippen molar-refractivity contribution in [3.05, 3.63) is 35.4 Å². The molecule has 2 aliphatic rings. The molecule has 148 valence electrons. The number of nitrogens with zero attached hydrogens (tertiary/aromatic N) is 3. The third-order valence-corrected chi connectivity index (χ3v) is 5.43. The number of hydrogen-bond donors (Lipinski definition) is 0. The minimum absolute atomic E-state index is 0.00836. The number of carbonyl (C=O) groups excluding carboxylic acids is 2. The number of rotatable bonds is 7. The molecule has 2 atom stereocenters. The molecule has 2 saturated heterocycles. The monoisotopic (exact) mass is 373 g/mol. The molecule has 3 rings (SSSR count). The maximum Gasteiger partial charge on any atom is 0.321 e. The number of ether oxygens (including phenoxy) is 1. The van der Waals surface area contributed by atoms with E-state index in [4.69, 9.17) is 4.74 Å². The van der Waals surface area contributed by atoms with Gasteiger partial charge < -0.3 is 19.4 Å². The Balaban J connectivity index is 1.78. The van der Waals surface area contributed by atoms with Gasteiger partial charge in [0.1, 0.15) is 6.04 Å². The number of fused-ring (bicyclic) bond motifs is 1. The van der Waals surface area contributed by atoms with Gasteiger partial charge in [0.2, 0.25) is 5.91 Å². The smallest absolute Gasteiger partial charge is 0.321 e. The molecular weight excluding hydrogens is 342 g/mol. The Bertz CT molecular complexity index is 674. The summed E-state index contributed by atoms with van der Waals surface area (Å²) in [5.74, 6) is 0.406. The first-order chi connectivity index (χ1) is 12.9. The lowest BCUT2D eigenvalue weighted by Gasteiger charge is -2.42. The largest absolute Gasteiger partial charge is 0.383 e. The number of piperazine rings is 1. The zero-order chi connectivity index (χ0) is 19.6. The zero-order valence-electron chi connectivity index (χ0n) is 16.9. The molecule has 3 amide bonds. The average molecular weight is 373 g/mol. The van der Waals surface area contributed by atoms with Gasteiger partial charge in [0.25, 0.3) is 0 Å². The van der Waals surface area contributed by atoms with Crippen LogP contribution in [0.15, 0.2) is 24.3 Å². The highest BCUT2D eigenvalue weighted by molar-refractivity contribution is 5.90. The second kappa shape index (κ2) is 8.30. The third-order valence-electron chi connectivity index (χ3n) is 5.43. The summed E-state index contributed by atoms with van der Waals surface area (Å²) < 4.78 is 5.17. The summed E-state index contributed by atoms with van der Waals surface area (Å²) in [6.45, 7) is 9.20. The average Bonchev–Trinajstić information content (AvgIpc) is 2.93. The summed E-state index contributed by atoms with van der Waals surface area (Å²) in [4.78, 5) is 31.7. The van der Waals surface area contributed by atoms with E-state index in [-0.39, 0.29) is 24.0 Å². The van der Waals surface area contributed by atoms with Gasteiger partial charge in [-0.2, -0.15) is 0 Å². The van der Waals surface area contributed by atoms with E-state index in [1.807, 2.05) is 14.7 Å². The van der Waals surface area contributed by atoms with E-state index < -0.39 is 0 Å². The van der Waals surface area contributed by atoms with Crippen LogP contribution in [0.25, 0.3) is 0 Å². The van der Waals surface area contributed by atoms with Crippen LogP contribution in [-0.4, -0.2) is 72.1 Å². The molecule has 1 aromatic carbocycles. The number of aryl methyl sites for hydroxylation is 1. The van der Waals surface area contributed by atoms with Crippen molar-refractivity contribution >= 4 is 11.9 Å². The van der Waals surface area contributed by atoms with Crippen molar-refractivity contribution in [2.45, 2.75) is 45.8 Å². The molecule has 1 aromatic rings. The number of hydrogen-bond acceptors (Lipinski definition) is 3. The van der Waals surface area contributed by atoms with Gasteiger partial charge in [-0.3, -0.25) is 4.79 Å². The van der Waals surface area contributed by atoms with Gasteiger partial charge in [-0.15, -0.1) is 0 Å². The molecule has 27 heavy (non-hydrogen) atoms. The summed E-state index contributed by atoms with van der Waals surface area (Å²) in [6, 6.07) is 7.97. The Labute approximate surface area is 162 Å². The maximum absolute atomic E-state index is 13.1. The summed E-state index contributed by atoms with van der Waals surface area (Å²) in [5.41, 5.74) is 2.33. The fraction of sp³-hybridized carbons (Fsp3) is 0.619. The maximum atomic E-state index is 13.1. The van der Waals surface area contributed by atoms with Crippen molar-refractivity contribution in [2.24, 2.45) is 5.92 Å². The molecule has 2 fully saturated rings. The Morgan fingerprint density at radius 1 is 1.11 bits per heavy atom. The van der Waals surface area contributed by atoms with Gasteiger partial charge in [-0.25, -0.2) is 4.79 Å². The van der Waals surface area contributed by atoms with Gasteiger partial charge in [0.15, 0.2) is 0 Å². The van der Waals surface area contributed by atoms with Crippen LogP contribution in [0.5, 0.6) is 0 Å². The zero-order valence-corrected chi connectivity index (χ0v) is 16.9. The van der Waals surface area contributed by atoms with Crippen molar-refractivity contribution in [2.75, 3.05) is 33.4 Å². The van der Waals surface area contributed by atoms with E-state index in [9.17, 15) is 9.59 Å². The van der Waals surface area contributed by atoms with Crippen molar-refractivity contribution in [3.8, 4) is 0 Å². The van der Waals surface area contributed by atoms with Gasteiger partial charge in [-0.05, 0) is 24.8 Å². The minimum atomic E-state index is -0.365. The molecule has 2 aliphatic heterocycles. The number of urea groups is 1. The molecule has 0 spiro atoms. The van der Waals surface area contributed by atoms with Crippen LogP contribution in [0.1, 0.15) is 31.4 Å². The van der Waals surface area contributed by atoms with Gasteiger partial charge in [-0.1, -0.05) is 43.7 Å². The highest BCUT2D eigenvalue weighted by atomic mass is 16.5. The summed E-state index contributed by atoms with van der Waals surface area (Å²) >= 11 is 0. The number of amides is 3. The van der Waals surface area contributed by atoms with E-state index in [1.165, 1.54) is 5.56 Å². The van der Waals surface area contributed by atoms with Crippen molar-refractivity contribution < 1.29 is 14.3 Å². The van der Waals surface area contributed by atoms with Crippen LogP contribution in [0, 0.1) is 12.8 Å². The van der Waals surface area contributed by atoms with Crippen molar-refractivity contribution in [3.63, 3.8) is 0 Å². The van der Waals surface area contributed by atoms with Crippen LogP contribution in [-0.2, 0) is 16.1 Å². The Morgan fingerprint density at radius 3 is 2.41 bits per heavy atom. The third kappa shape index (κ3) is 4.26. The van der Waals surface area contributed by atoms with Crippen LogP contribution in [0.3, 0.4) is 0 Å². The predicted octanol–water partition coefficient (Wildman–Crippen LogP) is 2.50. The van der Waals surface area contributed by atoms with Crippen LogP contribution in [0.2, 0.25) is 0 Å². The van der Waals surface area contributed by atoms with E-state index >= 15 is 0 Å². The Hall–Kier alpha value is -2.08. The molecule has 0 aromatic heterocycles. The predicted molar refractivity (Wildman–Crippen MR) is 104 cm³/mol. The highest BCUT2D eigenvalue weighted by Gasteiger charge is 2.49. The normalized spacial score (nSPS) is 22.8. The minimum Gasteiger partial charge on any atom is -0.383 e. The van der Waals surface area contributed by atoms with E-state index in [0.717, 1.165) is 5.56 Å². The van der Waals surface area contributed by atoms with Crippen LogP contribution < -0.4 is 0 Å². The summed E-state index contributed by atoms with van der Waals surface area (Å²) in [6.07, 6.45) is 0.697. The second-order valence-electron chi connectivity index (χ2n) is 8.13. The van der Waals surface area contributed by atoms with Gasteiger partial charge >= 0.3 is 6.03 Å². The number of carbonyl (C=O) groups is 2. The van der Waals surface area contributed by atoms with Gasteiger partial charge in [0, 0.05) is 33.3 Å². The Kier molecular flexibility index (Phi) is 6.05. The first kappa shape index (κ1) is 19.7. The molecule has 6 nitrogen and oxygen atoms in total. The summed E-state index contributed by atoms with van der Waals surface area (Å²) in [7, 11) is 1.65. The lowest BCUT2D eigenvalue weighted by atomic mass is 9.97. The quantitative estimate of drug-likeness (QED) is 0.738. The lowest BCUT2D eigenvalue weighted by molar-refractivity contribution is -0.143. The van der Waals surface area contributed by atoms with Gasteiger partial charge in [0.05, 0.1) is 12.6 Å². The number of methoxy groups -OCH3 is 1. The Morgan fingerprint density at radius 2 is 1.78 bits per heavy atom. The second-order valence-corrected chi connectivity index (χ2v) is 8.13. The van der Waals surface area contributed by atoms with Crippen LogP contribution >= 0.6 is 0 Å². The molecule has 0 aliphatic carbocycles. The standard InChI is InChI=1S/C21H31N3O3/c1-15(2)11-19-20(25)22(9-10-27-4)13-18-14-23(21(26)24(18)19)12-17-7-5-16(3)6-8-17/h5-8,15,18-19H,9-14H2,1-4H3/t18-,19-/m0/s1. The molecule has 0 saturated carbocycles. The van der Waals surface area contributed by atoms with Crippen LogP contribution in [0.4, 0.5) is 4.79 Å². The van der Waals surface area contributed by atoms with E-state index in [2.05, 4.69) is 45.0 Å². The fourth-order valence-electron chi connectivity index (χ4n) is 4.06. The number of benzene rings is 1. The van der Waals surface area contributed by atoms with Crippen molar-refractivity contribution in [1.82, 2.24) is 14.7 Å². The highest BCUT2D eigenvalue weighted by Crippen LogP contribution is 2.30. The van der Waals surface area contributed by atoms with E-state index in [0.29, 0.717) is 45.1 Å². The fourth-order valence-corrected chi connectivity index (χ4v) is 4.06. The molecule has 6 heteroatoms. The molecule has 0 radical (unpaired) electrons. The van der Waals surface area contributed by atoms with Crippen molar-refractivity contribution in [1.29, 1.82) is 0 Å². The summed E-state index contributed by atoms with van der Waals surface area (Å²) in [5, 5.41) is 0. The lowest BCUT2D eigenvalue weighted by Crippen LogP contribution is -2.61. The topological polar surface area (TPSA) is 53.1 Å². The molecule has 0 unspecified atom stereocenters. The first-order valence-electron chi connectivity index (χ1n) is 9.81. The van der Waals surface area contributed by atoms with E-state index in [1.54, 1.807) is 7.11 Å². The molecule has 0 bridgehead atoms.